The number of nitrogens with zero attached hydrogens (tertiary/aromatic N) is 1. The van der Waals surface area contributed by atoms with E-state index >= 15 is 0 Å². The third-order valence-corrected chi connectivity index (χ3v) is 4.39. The predicted octanol–water partition coefficient (Wildman–Crippen LogP) is 3.40. The summed E-state index contributed by atoms with van der Waals surface area (Å²) in [6, 6.07) is 10.2. The average Bonchev–Trinajstić information content (AvgIpc) is 2.84. The highest BCUT2D eigenvalue weighted by atomic mass is 79.9. The van der Waals surface area contributed by atoms with E-state index in [0.717, 1.165) is 9.37 Å². The van der Waals surface area contributed by atoms with E-state index in [0.29, 0.717) is 17.5 Å². The van der Waals surface area contributed by atoms with Crippen molar-refractivity contribution >= 4 is 39.5 Å². The van der Waals surface area contributed by atoms with Crippen molar-refractivity contribution in [1.29, 1.82) is 0 Å². The van der Waals surface area contributed by atoms with Gasteiger partial charge in [-0.05, 0) is 36.8 Å². The molecule has 8 heteroatoms. The molecule has 0 atom stereocenters. The molecule has 4 amide bonds. The molecule has 0 aromatic heterocycles. The zero-order chi connectivity index (χ0) is 18.7. The van der Waals surface area contributed by atoms with E-state index in [-0.39, 0.29) is 30.6 Å². The minimum absolute atomic E-state index is 0.0796. The number of fused-ring (bicyclic) bond motifs is 1. The highest BCUT2D eigenvalue weighted by Crippen LogP contribution is 2.26. The summed E-state index contributed by atoms with van der Waals surface area (Å²) in [4.78, 5) is 37.5. The Morgan fingerprint density at radius 1 is 1.08 bits per heavy atom. The third-order valence-electron chi connectivity index (χ3n) is 3.90. The lowest BCUT2D eigenvalue weighted by atomic mass is 10.1. The van der Waals surface area contributed by atoms with Gasteiger partial charge in [-0.15, -0.1) is 0 Å². The lowest BCUT2D eigenvalue weighted by molar-refractivity contribution is 0.0653. The quantitative estimate of drug-likeness (QED) is 0.575. The Balaban J connectivity index is 1.48. The van der Waals surface area contributed by atoms with E-state index < -0.39 is 11.8 Å². The number of urea groups is 1. The fourth-order valence-corrected chi connectivity index (χ4v) is 3.00. The zero-order valence-electron chi connectivity index (χ0n) is 13.6. The number of rotatable bonds is 5. The molecule has 2 aromatic rings. The van der Waals surface area contributed by atoms with Crippen molar-refractivity contribution in [2.45, 2.75) is 6.42 Å². The van der Waals surface area contributed by atoms with Crippen molar-refractivity contribution in [3.63, 3.8) is 0 Å². The molecule has 26 heavy (non-hydrogen) atoms. The van der Waals surface area contributed by atoms with Gasteiger partial charge in [-0.25, -0.2) is 9.18 Å². The van der Waals surface area contributed by atoms with Crippen LogP contribution in [0, 0.1) is 5.82 Å². The Hall–Kier alpha value is -2.74. The first-order valence-electron chi connectivity index (χ1n) is 7.92. The summed E-state index contributed by atoms with van der Waals surface area (Å²) in [6.07, 6.45) is 0.386. The minimum atomic E-state index is -0.554. The van der Waals surface area contributed by atoms with Crippen molar-refractivity contribution in [3.8, 4) is 0 Å². The van der Waals surface area contributed by atoms with E-state index in [1.807, 2.05) is 0 Å². The summed E-state index contributed by atoms with van der Waals surface area (Å²) in [6.45, 7) is 0.418. The molecule has 0 spiro atoms. The summed E-state index contributed by atoms with van der Waals surface area (Å²) in [5.74, 6) is -1.21. The van der Waals surface area contributed by atoms with Gasteiger partial charge in [-0.3, -0.25) is 14.5 Å². The van der Waals surface area contributed by atoms with Gasteiger partial charge in [0.2, 0.25) is 0 Å². The minimum Gasteiger partial charge on any atom is -0.338 e. The fourth-order valence-electron chi connectivity index (χ4n) is 2.63. The molecule has 0 aliphatic carbocycles. The lowest BCUT2D eigenvalue weighted by Gasteiger charge is -2.14. The molecular weight excluding hydrogens is 405 g/mol. The largest absolute Gasteiger partial charge is 0.338 e. The number of imide groups is 1. The van der Waals surface area contributed by atoms with Gasteiger partial charge in [0.05, 0.1) is 16.8 Å². The molecular formula is C18H15BrFN3O3. The average molecular weight is 420 g/mol. The molecule has 134 valence electrons. The first-order chi connectivity index (χ1) is 12.5. The Morgan fingerprint density at radius 3 is 2.58 bits per heavy atom. The number of para-hydroxylation sites is 1. The van der Waals surface area contributed by atoms with Crippen LogP contribution in [0.3, 0.4) is 0 Å². The van der Waals surface area contributed by atoms with E-state index in [2.05, 4.69) is 26.6 Å². The molecule has 0 radical (unpaired) electrons. The Labute approximate surface area is 157 Å². The summed E-state index contributed by atoms with van der Waals surface area (Å²) in [5, 5.41) is 4.97. The molecule has 6 nitrogen and oxygen atoms in total. The van der Waals surface area contributed by atoms with Crippen molar-refractivity contribution in [3.05, 3.63) is 63.9 Å². The van der Waals surface area contributed by atoms with Crippen LogP contribution in [0.5, 0.6) is 0 Å². The first-order valence-corrected chi connectivity index (χ1v) is 8.72. The molecule has 1 aliphatic rings. The maximum atomic E-state index is 13.5. The Bertz CT molecular complexity index is 888. The fraction of sp³-hybridized carbons (Fsp3) is 0.167. The predicted molar refractivity (Wildman–Crippen MR) is 97.5 cm³/mol. The number of hydrogen-bond donors (Lipinski definition) is 2. The van der Waals surface area contributed by atoms with Gasteiger partial charge in [-0.2, -0.15) is 0 Å². The highest BCUT2D eigenvalue weighted by Gasteiger charge is 2.34. The SMILES string of the molecule is O=C(NCCCN1C(=O)c2ccc(Br)cc2C1=O)Nc1ccccc1F. The van der Waals surface area contributed by atoms with Crippen molar-refractivity contribution in [1.82, 2.24) is 10.2 Å². The van der Waals surface area contributed by atoms with Crippen molar-refractivity contribution in [2.75, 3.05) is 18.4 Å². The lowest BCUT2D eigenvalue weighted by Crippen LogP contribution is -2.35. The van der Waals surface area contributed by atoms with E-state index in [4.69, 9.17) is 0 Å². The van der Waals surface area contributed by atoms with Gasteiger partial charge in [-0.1, -0.05) is 28.1 Å². The van der Waals surface area contributed by atoms with Gasteiger partial charge >= 0.3 is 6.03 Å². The van der Waals surface area contributed by atoms with E-state index in [9.17, 15) is 18.8 Å². The normalized spacial score (nSPS) is 12.9. The van der Waals surface area contributed by atoms with Crippen LogP contribution >= 0.6 is 15.9 Å². The number of amides is 4. The number of anilines is 1. The van der Waals surface area contributed by atoms with Gasteiger partial charge in [0, 0.05) is 17.6 Å². The molecule has 0 unspecified atom stereocenters. The summed E-state index contributed by atoms with van der Waals surface area (Å²) in [7, 11) is 0. The number of hydrogen-bond acceptors (Lipinski definition) is 3. The van der Waals surface area contributed by atoms with Crippen LogP contribution in [0.25, 0.3) is 0 Å². The van der Waals surface area contributed by atoms with Crippen LogP contribution in [0.1, 0.15) is 27.1 Å². The smallest absolute Gasteiger partial charge is 0.319 e. The molecule has 2 aromatic carbocycles. The van der Waals surface area contributed by atoms with Crippen LogP contribution in [-0.4, -0.2) is 35.8 Å². The second kappa shape index (κ2) is 7.65. The Kier molecular flexibility index (Phi) is 5.32. The summed E-state index contributed by atoms with van der Waals surface area (Å²) < 4.78 is 14.2. The van der Waals surface area contributed by atoms with Crippen LogP contribution < -0.4 is 10.6 Å². The van der Waals surface area contributed by atoms with Crippen LogP contribution in [-0.2, 0) is 0 Å². The molecule has 2 N–H and O–H groups in total. The zero-order valence-corrected chi connectivity index (χ0v) is 15.2. The second-order valence-corrected chi connectivity index (χ2v) is 6.58. The molecule has 0 bridgehead atoms. The molecule has 0 saturated heterocycles. The maximum absolute atomic E-state index is 13.5. The van der Waals surface area contributed by atoms with E-state index in [1.165, 1.54) is 18.2 Å². The topological polar surface area (TPSA) is 78.5 Å². The standard InChI is InChI=1S/C18H15BrFN3O3/c19-11-6-7-12-13(10-11)17(25)23(16(12)24)9-3-8-21-18(26)22-15-5-2-1-4-14(15)20/h1-2,4-7,10H,3,8-9H2,(H2,21,22,26). The summed E-state index contributed by atoms with van der Waals surface area (Å²) >= 11 is 3.28. The van der Waals surface area contributed by atoms with Gasteiger partial charge in [0.1, 0.15) is 5.82 Å². The maximum Gasteiger partial charge on any atom is 0.319 e. The number of benzene rings is 2. The molecule has 0 fully saturated rings. The monoisotopic (exact) mass is 419 g/mol. The third kappa shape index (κ3) is 3.75. The highest BCUT2D eigenvalue weighted by molar-refractivity contribution is 9.10. The Morgan fingerprint density at radius 2 is 1.81 bits per heavy atom. The van der Waals surface area contributed by atoms with Gasteiger partial charge < -0.3 is 10.6 Å². The van der Waals surface area contributed by atoms with Crippen molar-refractivity contribution in [2.24, 2.45) is 0 Å². The number of nitrogens with one attached hydrogen (secondary N) is 2. The van der Waals surface area contributed by atoms with Gasteiger partial charge in [0.15, 0.2) is 0 Å². The summed E-state index contributed by atoms with van der Waals surface area (Å²) in [5.41, 5.74) is 0.828. The van der Waals surface area contributed by atoms with Crippen molar-refractivity contribution < 1.29 is 18.8 Å². The van der Waals surface area contributed by atoms with Crippen LogP contribution in [0.15, 0.2) is 46.9 Å². The number of carbonyl (C=O) groups excluding carboxylic acids is 3. The van der Waals surface area contributed by atoms with Crippen LogP contribution in [0.2, 0.25) is 0 Å². The van der Waals surface area contributed by atoms with E-state index in [1.54, 1.807) is 24.3 Å². The van der Waals surface area contributed by atoms with Gasteiger partial charge in [0.25, 0.3) is 11.8 Å². The molecule has 3 rings (SSSR count). The number of carbonyl (C=O) groups is 3. The molecule has 1 heterocycles. The first kappa shape index (κ1) is 18.1. The second-order valence-electron chi connectivity index (χ2n) is 5.67. The number of halogens is 2. The molecule has 1 aliphatic heterocycles. The molecule has 0 saturated carbocycles. The van der Waals surface area contributed by atoms with Crippen LogP contribution in [0.4, 0.5) is 14.9 Å².